The Bertz CT molecular complexity index is 977. The number of ether oxygens (including phenoxy) is 1. The van der Waals surface area contributed by atoms with Crippen LogP contribution in [0.4, 0.5) is 13.2 Å². The van der Waals surface area contributed by atoms with Crippen LogP contribution in [0.1, 0.15) is 5.56 Å². The Morgan fingerprint density at radius 1 is 1.12 bits per heavy atom. The summed E-state index contributed by atoms with van der Waals surface area (Å²) in [5, 5.41) is 10.3. The van der Waals surface area contributed by atoms with Gasteiger partial charge in [-0.3, -0.25) is 9.36 Å². The van der Waals surface area contributed by atoms with Gasteiger partial charge in [-0.25, -0.2) is 0 Å². The molecule has 0 aliphatic heterocycles. The molecule has 2 aromatic carbocycles. The van der Waals surface area contributed by atoms with Crippen molar-refractivity contribution in [3.63, 3.8) is 0 Å². The molecule has 4 nitrogen and oxygen atoms in total. The number of halogens is 3. The van der Waals surface area contributed by atoms with E-state index in [2.05, 4.69) is 0 Å². The van der Waals surface area contributed by atoms with Gasteiger partial charge in [-0.05, 0) is 36.4 Å². The fraction of sp³-hybridized carbons (Fsp3) is 0.118. The molecule has 0 unspecified atom stereocenters. The maximum Gasteiger partial charge on any atom is 0.416 e. The first-order chi connectivity index (χ1) is 11.3. The van der Waals surface area contributed by atoms with Gasteiger partial charge in [0.25, 0.3) is 5.56 Å². The SMILES string of the molecule is COc1ccc(O)c2c(=O)n(-c3cccc(C(F)(F)F)c3)ccc12. The van der Waals surface area contributed by atoms with E-state index in [0.717, 1.165) is 16.7 Å². The molecule has 0 saturated carbocycles. The van der Waals surface area contributed by atoms with Gasteiger partial charge in [-0.15, -0.1) is 0 Å². The summed E-state index contributed by atoms with van der Waals surface area (Å²) < 4.78 is 44.8. The lowest BCUT2D eigenvalue weighted by atomic mass is 10.1. The normalized spacial score (nSPS) is 11.7. The van der Waals surface area contributed by atoms with Gasteiger partial charge in [0.1, 0.15) is 11.5 Å². The number of aromatic nitrogens is 1. The molecule has 7 heteroatoms. The zero-order valence-electron chi connectivity index (χ0n) is 12.5. The van der Waals surface area contributed by atoms with Crippen molar-refractivity contribution < 1.29 is 23.0 Å². The van der Waals surface area contributed by atoms with E-state index in [1.54, 1.807) is 0 Å². The second kappa shape index (κ2) is 5.59. The number of rotatable bonds is 2. The molecule has 0 atom stereocenters. The fourth-order valence-corrected chi connectivity index (χ4v) is 2.53. The van der Waals surface area contributed by atoms with E-state index in [1.165, 1.54) is 43.6 Å². The molecule has 0 radical (unpaired) electrons. The average molecular weight is 335 g/mol. The van der Waals surface area contributed by atoms with Crippen LogP contribution in [0, 0.1) is 0 Å². The second-order valence-corrected chi connectivity index (χ2v) is 5.11. The van der Waals surface area contributed by atoms with Crippen LogP contribution in [0.15, 0.2) is 53.5 Å². The lowest BCUT2D eigenvalue weighted by Gasteiger charge is -2.12. The van der Waals surface area contributed by atoms with Crippen molar-refractivity contribution >= 4 is 10.8 Å². The molecule has 0 bridgehead atoms. The third-order valence-electron chi connectivity index (χ3n) is 3.68. The van der Waals surface area contributed by atoms with E-state index >= 15 is 0 Å². The molecule has 3 rings (SSSR count). The maximum absolute atomic E-state index is 12.9. The lowest BCUT2D eigenvalue weighted by molar-refractivity contribution is -0.137. The number of phenolic OH excluding ortho intramolecular Hbond substituents is 1. The Morgan fingerprint density at radius 2 is 1.88 bits per heavy atom. The van der Waals surface area contributed by atoms with Gasteiger partial charge < -0.3 is 9.84 Å². The first-order valence-corrected chi connectivity index (χ1v) is 6.92. The number of nitrogens with zero attached hydrogens (tertiary/aromatic N) is 1. The predicted molar refractivity (Wildman–Crippen MR) is 82.8 cm³/mol. The zero-order valence-corrected chi connectivity index (χ0v) is 12.5. The van der Waals surface area contributed by atoms with Crippen molar-refractivity contribution in [2.24, 2.45) is 0 Å². The van der Waals surface area contributed by atoms with Crippen molar-refractivity contribution in [3.05, 3.63) is 64.6 Å². The molecular formula is C17H12F3NO3. The molecular weight excluding hydrogens is 323 g/mol. The number of hydrogen-bond acceptors (Lipinski definition) is 3. The van der Waals surface area contributed by atoms with Crippen LogP contribution < -0.4 is 10.3 Å². The average Bonchev–Trinajstić information content (AvgIpc) is 2.54. The summed E-state index contributed by atoms with van der Waals surface area (Å²) in [5.74, 6) is 0.119. The Morgan fingerprint density at radius 3 is 2.54 bits per heavy atom. The molecule has 1 N–H and O–H groups in total. The number of hydrogen-bond donors (Lipinski definition) is 1. The Hall–Kier alpha value is -2.96. The number of fused-ring (bicyclic) bond motifs is 1. The van der Waals surface area contributed by atoms with Gasteiger partial charge in [0, 0.05) is 17.3 Å². The molecule has 124 valence electrons. The van der Waals surface area contributed by atoms with Crippen molar-refractivity contribution in [1.29, 1.82) is 0 Å². The van der Waals surface area contributed by atoms with Gasteiger partial charge in [0.05, 0.1) is 18.1 Å². The van der Waals surface area contributed by atoms with E-state index in [1.807, 2.05) is 0 Å². The van der Waals surface area contributed by atoms with Crippen molar-refractivity contribution in [3.8, 4) is 17.2 Å². The molecule has 0 aliphatic rings. The minimum atomic E-state index is -4.51. The van der Waals surface area contributed by atoms with Crippen molar-refractivity contribution in [1.82, 2.24) is 4.57 Å². The predicted octanol–water partition coefficient (Wildman–Crippen LogP) is 3.72. The standard InChI is InChI=1S/C17H12F3NO3/c1-24-14-6-5-13(22)15-12(14)7-8-21(16(15)23)11-4-2-3-10(9-11)17(18,19)20/h2-9,22H,1H3. The lowest BCUT2D eigenvalue weighted by Crippen LogP contribution is -2.18. The van der Waals surface area contributed by atoms with Crippen LogP contribution in [0.5, 0.6) is 11.5 Å². The topological polar surface area (TPSA) is 51.5 Å². The highest BCUT2D eigenvalue weighted by Gasteiger charge is 2.30. The number of aromatic hydroxyl groups is 1. The summed E-state index contributed by atoms with van der Waals surface area (Å²) in [7, 11) is 1.42. The summed E-state index contributed by atoms with van der Waals surface area (Å²) >= 11 is 0. The number of phenols is 1. The highest BCUT2D eigenvalue weighted by molar-refractivity contribution is 5.92. The van der Waals surface area contributed by atoms with Gasteiger partial charge >= 0.3 is 6.18 Å². The molecule has 3 aromatic rings. The maximum atomic E-state index is 12.9. The van der Waals surface area contributed by atoms with Crippen LogP contribution in [-0.4, -0.2) is 16.8 Å². The highest BCUT2D eigenvalue weighted by atomic mass is 19.4. The smallest absolute Gasteiger partial charge is 0.416 e. The largest absolute Gasteiger partial charge is 0.507 e. The van der Waals surface area contributed by atoms with Crippen LogP contribution in [-0.2, 0) is 6.18 Å². The molecule has 1 aromatic heterocycles. The van der Waals surface area contributed by atoms with Gasteiger partial charge in [0.2, 0.25) is 0 Å². The van der Waals surface area contributed by atoms with Gasteiger partial charge in [-0.2, -0.15) is 13.2 Å². The van der Waals surface area contributed by atoms with Crippen molar-refractivity contribution in [2.75, 3.05) is 7.11 Å². The first kappa shape index (κ1) is 15.9. The van der Waals surface area contributed by atoms with Crippen molar-refractivity contribution in [2.45, 2.75) is 6.18 Å². The Labute approximate surface area is 134 Å². The molecule has 0 saturated heterocycles. The minimum absolute atomic E-state index is 0.0192. The molecule has 0 amide bonds. The van der Waals surface area contributed by atoms with E-state index < -0.39 is 17.3 Å². The summed E-state index contributed by atoms with van der Waals surface area (Å²) in [4.78, 5) is 12.6. The third kappa shape index (κ3) is 2.58. The van der Waals surface area contributed by atoms with E-state index in [-0.39, 0.29) is 16.8 Å². The highest BCUT2D eigenvalue weighted by Crippen LogP contribution is 2.32. The Kier molecular flexibility index (Phi) is 3.71. The molecule has 0 fully saturated rings. The van der Waals surface area contributed by atoms with Gasteiger partial charge in [-0.1, -0.05) is 6.07 Å². The minimum Gasteiger partial charge on any atom is -0.507 e. The summed E-state index contributed by atoms with van der Waals surface area (Å²) in [6, 6.07) is 8.74. The van der Waals surface area contributed by atoms with Crippen LogP contribution in [0.2, 0.25) is 0 Å². The number of methoxy groups -OCH3 is 1. The molecule has 0 spiro atoms. The van der Waals surface area contributed by atoms with Gasteiger partial charge in [0.15, 0.2) is 0 Å². The van der Waals surface area contributed by atoms with E-state index in [9.17, 15) is 23.1 Å². The summed E-state index contributed by atoms with van der Waals surface area (Å²) in [6.07, 6.45) is -3.16. The van der Waals surface area contributed by atoms with Crippen LogP contribution in [0.25, 0.3) is 16.5 Å². The summed E-state index contributed by atoms with van der Waals surface area (Å²) in [6.45, 7) is 0. The third-order valence-corrected chi connectivity index (χ3v) is 3.68. The Balaban J connectivity index is 2.28. The molecule has 1 heterocycles. The second-order valence-electron chi connectivity index (χ2n) is 5.11. The molecule has 24 heavy (non-hydrogen) atoms. The first-order valence-electron chi connectivity index (χ1n) is 6.92. The van der Waals surface area contributed by atoms with Crippen LogP contribution >= 0.6 is 0 Å². The summed E-state index contributed by atoms with van der Waals surface area (Å²) in [5.41, 5.74) is -1.44. The quantitative estimate of drug-likeness (QED) is 0.776. The number of benzene rings is 2. The number of alkyl halides is 3. The zero-order chi connectivity index (χ0) is 17.5. The number of pyridine rings is 1. The van der Waals surface area contributed by atoms with E-state index in [4.69, 9.17) is 4.74 Å². The fourth-order valence-electron chi connectivity index (χ4n) is 2.53. The van der Waals surface area contributed by atoms with Crippen LogP contribution in [0.3, 0.4) is 0 Å². The molecule has 0 aliphatic carbocycles. The van der Waals surface area contributed by atoms with E-state index in [0.29, 0.717) is 11.1 Å². The monoisotopic (exact) mass is 335 g/mol.